The number of nitrogens with zero attached hydrogens (tertiary/aromatic N) is 2. The second-order valence-electron chi connectivity index (χ2n) is 12.1. The van der Waals surface area contributed by atoms with Crippen LogP contribution in [0.4, 0.5) is 10.5 Å². The van der Waals surface area contributed by atoms with Crippen LogP contribution < -0.4 is 9.64 Å². The van der Waals surface area contributed by atoms with Crippen molar-refractivity contribution >= 4 is 11.8 Å². The van der Waals surface area contributed by atoms with Gasteiger partial charge < -0.3 is 24.4 Å². The Hall–Kier alpha value is -3.67. The minimum absolute atomic E-state index is 0.135. The molecule has 41 heavy (non-hydrogen) atoms. The molecule has 1 N–H and O–H groups in total. The fourth-order valence-electron chi connectivity index (χ4n) is 6.99. The number of amides is 1. The molecule has 0 saturated carbocycles. The lowest BCUT2D eigenvalue weighted by molar-refractivity contribution is 0.0544. The first-order valence-electron chi connectivity index (χ1n) is 15.3. The van der Waals surface area contributed by atoms with Crippen molar-refractivity contribution in [1.82, 2.24) is 4.90 Å². The Morgan fingerprint density at radius 1 is 0.927 bits per heavy atom. The summed E-state index contributed by atoms with van der Waals surface area (Å²) in [6.07, 6.45) is 6.31. The van der Waals surface area contributed by atoms with Crippen LogP contribution in [-0.4, -0.2) is 55.5 Å². The number of phenolic OH excluding ortho intramolecular Hbond substituents is 1. The molecule has 2 fully saturated rings. The van der Waals surface area contributed by atoms with Gasteiger partial charge in [-0.05, 0) is 66.8 Å². The predicted octanol–water partition coefficient (Wildman–Crippen LogP) is 7.32. The minimum Gasteiger partial charge on any atom is -0.508 e. The summed E-state index contributed by atoms with van der Waals surface area (Å²) in [4.78, 5) is 16.8. The van der Waals surface area contributed by atoms with Gasteiger partial charge in [-0.1, -0.05) is 61.9 Å². The van der Waals surface area contributed by atoms with Crippen molar-refractivity contribution in [1.29, 1.82) is 0 Å². The van der Waals surface area contributed by atoms with Crippen molar-refractivity contribution in [2.24, 2.45) is 5.41 Å². The zero-order chi connectivity index (χ0) is 28.2. The molecule has 1 amide bonds. The molecule has 6 rings (SSSR count). The molecule has 3 aromatic carbocycles. The molecule has 2 atom stereocenters. The highest BCUT2D eigenvalue weighted by Gasteiger charge is 2.39. The number of piperidine rings is 2. The van der Waals surface area contributed by atoms with Crippen LogP contribution in [0.5, 0.6) is 11.5 Å². The summed E-state index contributed by atoms with van der Waals surface area (Å²) in [6.45, 7) is 6.94. The lowest BCUT2D eigenvalue weighted by Crippen LogP contribution is -2.48. The van der Waals surface area contributed by atoms with Gasteiger partial charge in [0.2, 0.25) is 0 Å². The molecule has 1 spiro atoms. The summed E-state index contributed by atoms with van der Waals surface area (Å²) in [5.41, 5.74) is 5.27. The van der Waals surface area contributed by atoms with Crippen molar-refractivity contribution < 1.29 is 19.4 Å². The number of hydrogen-bond acceptors (Lipinski definition) is 5. The number of fused-ring (bicyclic) bond motifs is 1. The zero-order valence-electron chi connectivity index (χ0n) is 24.1. The molecule has 0 aliphatic carbocycles. The summed E-state index contributed by atoms with van der Waals surface area (Å²) in [7, 11) is 0. The maximum absolute atomic E-state index is 12.4. The molecule has 3 heterocycles. The van der Waals surface area contributed by atoms with E-state index in [1.807, 2.05) is 11.0 Å². The Balaban J connectivity index is 1.12. The summed E-state index contributed by atoms with van der Waals surface area (Å²) in [5, 5.41) is 10.1. The standard InChI is InChI=1S/C35H42N2O4/c1-2-3-23-40-34(39)37-21-17-35(18-22-37)15-19-36(20-16-35)28-11-9-27(10-12-28)33-30-14-13-29(38)24-32(30)41-25-31(33)26-7-5-4-6-8-26/h4-14,24,31,33,38H,2-3,15-23,25H2,1H3. The van der Waals surface area contributed by atoms with Gasteiger partial charge in [0.1, 0.15) is 11.5 Å². The third-order valence-electron chi connectivity index (χ3n) is 9.63. The molecule has 0 aromatic heterocycles. The van der Waals surface area contributed by atoms with Crippen molar-refractivity contribution in [3.8, 4) is 11.5 Å². The topological polar surface area (TPSA) is 62.2 Å². The number of benzene rings is 3. The number of likely N-dealkylation sites (tertiary alicyclic amines) is 1. The van der Waals surface area contributed by atoms with Crippen LogP contribution in [0.25, 0.3) is 0 Å². The molecule has 2 saturated heterocycles. The third kappa shape index (κ3) is 5.88. The number of anilines is 1. The van der Waals surface area contributed by atoms with Crippen molar-refractivity contribution in [3.63, 3.8) is 0 Å². The predicted molar refractivity (Wildman–Crippen MR) is 162 cm³/mol. The molecule has 6 nitrogen and oxygen atoms in total. The second-order valence-corrected chi connectivity index (χ2v) is 12.1. The lowest BCUT2D eigenvalue weighted by Gasteiger charge is -2.47. The van der Waals surface area contributed by atoms with E-state index < -0.39 is 0 Å². The molecule has 6 heteroatoms. The number of rotatable bonds is 6. The zero-order valence-corrected chi connectivity index (χ0v) is 24.1. The molecule has 3 aromatic rings. The molecule has 216 valence electrons. The van der Waals surface area contributed by atoms with Crippen LogP contribution in [0.15, 0.2) is 72.8 Å². The number of carbonyl (C=O) groups excluding carboxylic acids is 1. The minimum atomic E-state index is -0.135. The van der Waals surface area contributed by atoms with Gasteiger partial charge >= 0.3 is 6.09 Å². The monoisotopic (exact) mass is 554 g/mol. The Labute approximate surface area is 243 Å². The Morgan fingerprint density at radius 2 is 1.63 bits per heavy atom. The second kappa shape index (κ2) is 12.1. The first-order valence-corrected chi connectivity index (χ1v) is 15.3. The molecule has 2 unspecified atom stereocenters. The first-order chi connectivity index (χ1) is 20.0. The number of unbranched alkanes of at least 4 members (excludes halogenated alkanes) is 1. The molecule has 0 radical (unpaired) electrons. The van der Waals surface area contributed by atoms with E-state index in [1.165, 1.54) is 29.7 Å². The van der Waals surface area contributed by atoms with Crippen molar-refractivity contribution in [2.75, 3.05) is 44.3 Å². The van der Waals surface area contributed by atoms with E-state index in [-0.39, 0.29) is 23.7 Å². The highest BCUT2D eigenvalue weighted by Crippen LogP contribution is 2.47. The van der Waals surface area contributed by atoms with Crippen LogP contribution in [-0.2, 0) is 4.74 Å². The largest absolute Gasteiger partial charge is 0.508 e. The van der Waals surface area contributed by atoms with Gasteiger partial charge in [-0.3, -0.25) is 0 Å². The van der Waals surface area contributed by atoms with Crippen LogP contribution >= 0.6 is 0 Å². The van der Waals surface area contributed by atoms with E-state index in [0.29, 0.717) is 18.6 Å². The molecular formula is C35H42N2O4. The highest BCUT2D eigenvalue weighted by atomic mass is 16.6. The van der Waals surface area contributed by atoms with Crippen LogP contribution in [0.2, 0.25) is 0 Å². The van der Waals surface area contributed by atoms with Crippen LogP contribution in [0.1, 0.15) is 74.0 Å². The molecule has 3 aliphatic heterocycles. The summed E-state index contributed by atoms with van der Waals surface area (Å²) in [6, 6.07) is 25.2. The highest BCUT2D eigenvalue weighted by molar-refractivity contribution is 5.67. The smallest absolute Gasteiger partial charge is 0.409 e. The van der Waals surface area contributed by atoms with Gasteiger partial charge in [-0.15, -0.1) is 0 Å². The number of phenols is 1. The molecule has 0 bridgehead atoms. The third-order valence-corrected chi connectivity index (χ3v) is 9.63. The molecule has 3 aliphatic rings. The van der Waals surface area contributed by atoms with Gasteiger partial charge in [-0.25, -0.2) is 4.79 Å². The van der Waals surface area contributed by atoms with E-state index >= 15 is 0 Å². The Kier molecular flexibility index (Phi) is 8.09. The van der Waals surface area contributed by atoms with Gasteiger partial charge in [0.25, 0.3) is 0 Å². The van der Waals surface area contributed by atoms with Crippen LogP contribution in [0, 0.1) is 5.41 Å². The fourth-order valence-corrected chi connectivity index (χ4v) is 6.99. The van der Waals surface area contributed by atoms with Gasteiger partial charge in [0, 0.05) is 55.3 Å². The summed E-state index contributed by atoms with van der Waals surface area (Å²) < 4.78 is 11.6. The summed E-state index contributed by atoms with van der Waals surface area (Å²) >= 11 is 0. The Bertz CT molecular complexity index is 1310. The Morgan fingerprint density at radius 3 is 2.34 bits per heavy atom. The maximum Gasteiger partial charge on any atom is 0.409 e. The fraction of sp³-hybridized carbons (Fsp3) is 0.457. The number of carbonyl (C=O) groups is 1. The van der Waals surface area contributed by atoms with Gasteiger partial charge in [0.05, 0.1) is 13.2 Å². The van der Waals surface area contributed by atoms with E-state index in [4.69, 9.17) is 9.47 Å². The normalized spacial score (nSPS) is 21.7. The quantitative estimate of drug-likeness (QED) is 0.324. The van der Waals surface area contributed by atoms with Crippen molar-refractivity contribution in [2.45, 2.75) is 57.3 Å². The lowest BCUT2D eigenvalue weighted by atomic mass is 9.71. The first kappa shape index (κ1) is 27.5. The van der Waals surface area contributed by atoms with Crippen LogP contribution in [0.3, 0.4) is 0 Å². The summed E-state index contributed by atoms with van der Waals surface area (Å²) in [5.74, 6) is 1.35. The van der Waals surface area contributed by atoms with E-state index in [0.717, 1.165) is 63.2 Å². The molecular weight excluding hydrogens is 512 g/mol. The number of ether oxygens (including phenoxy) is 2. The van der Waals surface area contributed by atoms with Gasteiger partial charge in [-0.2, -0.15) is 0 Å². The average Bonchev–Trinajstić information content (AvgIpc) is 3.02. The van der Waals surface area contributed by atoms with E-state index in [1.54, 1.807) is 12.1 Å². The average molecular weight is 555 g/mol. The SMILES string of the molecule is CCCCOC(=O)N1CCC2(CC1)CCN(c1ccc(C3c4ccc(O)cc4OCC3c3ccccc3)cc1)CC2. The maximum atomic E-state index is 12.4. The number of aromatic hydroxyl groups is 1. The van der Waals surface area contributed by atoms with Crippen molar-refractivity contribution in [3.05, 3.63) is 89.5 Å². The van der Waals surface area contributed by atoms with Gasteiger partial charge in [0.15, 0.2) is 0 Å². The number of hydrogen-bond donors (Lipinski definition) is 1. The van der Waals surface area contributed by atoms with E-state index in [2.05, 4.69) is 66.4 Å². The van der Waals surface area contributed by atoms with E-state index in [9.17, 15) is 9.90 Å².